The van der Waals surface area contributed by atoms with E-state index in [9.17, 15) is 35.5 Å². The second kappa shape index (κ2) is 6.36. The van der Waals surface area contributed by atoms with Crippen molar-refractivity contribution in [2.75, 3.05) is 13.7 Å². The van der Waals surface area contributed by atoms with Crippen molar-refractivity contribution in [1.29, 1.82) is 0 Å². The summed E-state index contributed by atoms with van der Waals surface area (Å²) < 4.78 is 99.6. The zero-order chi connectivity index (χ0) is 19.2. The summed E-state index contributed by atoms with van der Waals surface area (Å²) in [5.74, 6) is -4.04. The summed E-state index contributed by atoms with van der Waals surface area (Å²) in [4.78, 5) is -1.40. The lowest BCUT2D eigenvalue weighted by atomic mass is 10.1. The molecule has 2 atom stereocenters. The number of rotatable bonds is 5. The molecule has 0 aliphatic heterocycles. The zero-order valence-electron chi connectivity index (χ0n) is 13.1. The largest absolute Gasteiger partial charge is 0.501 e. The molecule has 5 nitrogen and oxygen atoms in total. The van der Waals surface area contributed by atoms with Gasteiger partial charge in [0, 0.05) is 24.7 Å². The molecule has 1 aliphatic rings. The normalized spacial score (nSPS) is 21.0. The predicted octanol–water partition coefficient (Wildman–Crippen LogP) is 2.62. The van der Waals surface area contributed by atoms with Gasteiger partial charge in [-0.1, -0.05) is 0 Å². The number of sulfone groups is 1. The molecule has 0 saturated heterocycles. The molecule has 142 valence electrons. The van der Waals surface area contributed by atoms with Gasteiger partial charge < -0.3 is 14.6 Å². The number of hydrogen-bond acceptors (Lipinski definition) is 5. The maximum atomic E-state index is 13.9. The summed E-state index contributed by atoms with van der Waals surface area (Å²) in [6.07, 6.45) is -4.46. The zero-order valence-corrected chi connectivity index (χ0v) is 13.9. The molecule has 0 saturated carbocycles. The van der Waals surface area contributed by atoms with Crippen LogP contribution in [0.25, 0.3) is 0 Å². The Morgan fingerprint density at radius 2 is 1.96 bits per heavy atom. The minimum absolute atomic E-state index is 0.0658. The molecule has 0 bridgehead atoms. The molecule has 0 fully saturated rings. The molecule has 1 aromatic rings. The summed E-state index contributed by atoms with van der Waals surface area (Å²) >= 11 is 0. The number of methoxy groups -OCH3 is 1. The Labute approximate surface area is 140 Å². The van der Waals surface area contributed by atoms with Crippen LogP contribution in [0.4, 0.5) is 22.0 Å². The molecule has 0 unspecified atom stereocenters. The minimum atomic E-state index is -5.91. The fraction of sp³-hybridized carbons (Fsp3) is 0.571. The van der Waals surface area contributed by atoms with Gasteiger partial charge in [0.15, 0.2) is 0 Å². The Morgan fingerprint density at radius 1 is 1.36 bits per heavy atom. The number of aliphatic hydroxyl groups excluding tert-OH is 1. The predicted molar refractivity (Wildman–Crippen MR) is 75.3 cm³/mol. The van der Waals surface area contributed by atoms with Crippen molar-refractivity contribution in [3.05, 3.63) is 23.3 Å². The second-order valence-electron chi connectivity index (χ2n) is 5.63. The van der Waals surface area contributed by atoms with Gasteiger partial charge in [-0.25, -0.2) is 17.2 Å². The fourth-order valence-corrected chi connectivity index (χ4v) is 3.62. The van der Waals surface area contributed by atoms with E-state index in [0.717, 1.165) is 6.07 Å². The SMILES string of the molecule is COC[C@H](C)Oc1ccc(S(=O)(=O)C(F)(F)F)c2c1CC(F)(F)[C@H]2O. The molecule has 0 aromatic heterocycles. The Bertz CT molecular complexity index is 760. The summed E-state index contributed by atoms with van der Waals surface area (Å²) in [6.45, 7) is 1.59. The molecular formula is C14H15F5O5S. The third-order valence-corrected chi connectivity index (χ3v) is 5.23. The van der Waals surface area contributed by atoms with E-state index < -0.39 is 55.9 Å². The van der Waals surface area contributed by atoms with Crippen LogP contribution in [0, 0.1) is 0 Å². The lowest BCUT2D eigenvalue weighted by molar-refractivity contribution is -0.0979. The van der Waals surface area contributed by atoms with Crippen LogP contribution in [0.1, 0.15) is 24.2 Å². The van der Waals surface area contributed by atoms with E-state index in [2.05, 4.69) is 0 Å². The molecule has 2 rings (SSSR count). The first-order valence-electron chi connectivity index (χ1n) is 7.01. The Hall–Kier alpha value is -1.46. The van der Waals surface area contributed by atoms with Gasteiger partial charge >= 0.3 is 5.51 Å². The minimum Gasteiger partial charge on any atom is -0.488 e. The van der Waals surface area contributed by atoms with Crippen molar-refractivity contribution in [3.63, 3.8) is 0 Å². The van der Waals surface area contributed by atoms with Crippen molar-refractivity contribution >= 4 is 9.84 Å². The highest BCUT2D eigenvalue weighted by atomic mass is 32.2. The molecule has 0 radical (unpaired) electrons. The lowest BCUT2D eigenvalue weighted by Gasteiger charge is -2.19. The highest BCUT2D eigenvalue weighted by molar-refractivity contribution is 7.92. The highest BCUT2D eigenvalue weighted by Crippen LogP contribution is 2.50. The number of benzene rings is 1. The van der Waals surface area contributed by atoms with Crippen LogP contribution in [-0.4, -0.2) is 44.8 Å². The molecule has 0 heterocycles. The summed E-state index contributed by atoms with van der Waals surface area (Å²) in [5.41, 5.74) is -7.14. The van der Waals surface area contributed by atoms with E-state index in [0.29, 0.717) is 6.07 Å². The van der Waals surface area contributed by atoms with Gasteiger partial charge in [0.05, 0.1) is 11.5 Å². The topological polar surface area (TPSA) is 72.8 Å². The highest BCUT2D eigenvalue weighted by Gasteiger charge is 2.55. The number of fused-ring (bicyclic) bond motifs is 1. The summed E-state index contributed by atoms with van der Waals surface area (Å²) in [6, 6.07) is 1.39. The van der Waals surface area contributed by atoms with Crippen molar-refractivity contribution in [2.24, 2.45) is 0 Å². The van der Waals surface area contributed by atoms with Crippen LogP contribution in [-0.2, 0) is 21.0 Å². The maximum absolute atomic E-state index is 13.9. The van der Waals surface area contributed by atoms with E-state index in [4.69, 9.17) is 9.47 Å². The first kappa shape index (κ1) is 19.9. The van der Waals surface area contributed by atoms with Crippen LogP contribution in [0.5, 0.6) is 5.75 Å². The van der Waals surface area contributed by atoms with Crippen molar-refractivity contribution < 1.29 is 45.0 Å². The second-order valence-corrected chi connectivity index (χ2v) is 7.54. The summed E-state index contributed by atoms with van der Waals surface area (Å²) in [5, 5.41) is 9.72. The van der Waals surface area contributed by atoms with Gasteiger partial charge in [0.25, 0.3) is 15.8 Å². The van der Waals surface area contributed by atoms with E-state index in [1.165, 1.54) is 14.0 Å². The van der Waals surface area contributed by atoms with Crippen molar-refractivity contribution in [2.45, 2.75) is 41.9 Å². The van der Waals surface area contributed by atoms with Gasteiger partial charge in [-0.3, -0.25) is 0 Å². The van der Waals surface area contributed by atoms with Crippen LogP contribution in [0.3, 0.4) is 0 Å². The van der Waals surface area contributed by atoms with Crippen LogP contribution < -0.4 is 4.74 Å². The molecule has 1 N–H and O–H groups in total. The third kappa shape index (κ3) is 3.44. The number of aliphatic hydroxyl groups is 1. The van der Waals surface area contributed by atoms with Gasteiger partial charge in [0.1, 0.15) is 18.0 Å². The molecule has 0 spiro atoms. The monoisotopic (exact) mass is 390 g/mol. The van der Waals surface area contributed by atoms with E-state index in [1.54, 1.807) is 0 Å². The number of ether oxygens (including phenoxy) is 2. The van der Waals surface area contributed by atoms with Crippen LogP contribution in [0.2, 0.25) is 0 Å². The molecular weight excluding hydrogens is 375 g/mol. The van der Waals surface area contributed by atoms with Crippen molar-refractivity contribution in [1.82, 2.24) is 0 Å². The first-order chi connectivity index (χ1) is 11.3. The molecule has 1 aliphatic carbocycles. The molecule has 25 heavy (non-hydrogen) atoms. The van der Waals surface area contributed by atoms with E-state index in [1.807, 2.05) is 0 Å². The fourth-order valence-electron chi connectivity index (χ4n) is 2.60. The third-order valence-electron chi connectivity index (χ3n) is 3.68. The van der Waals surface area contributed by atoms with E-state index in [-0.39, 0.29) is 12.4 Å². The first-order valence-corrected chi connectivity index (χ1v) is 8.50. The lowest BCUT2D eigenvalue weighted by Crippen LogP contribution is -2.26. The van der Waals surface area contributed by atoms with Gasteiger partial charge in [-0.05, 0) is 19.1 Å². The standard InChI is InChI=1S/C14H15F5O5S/c1-7(6-23-2)24-9-3-4-10(25(21,22)14(17,18)19)11-8(9)5-13(15,16)12(11)20/h3-4,7,12,20H,5-6H2,1-2H3/t7-,12-/m0/s1. The van der Waals surface area contributed by atoms with E-state index >= 15 is 0 Å². The smallest absolute Gasteiger partial charge is 0.488 e. The van der Waals surface area contributed by atoms with Crippen LogP contribution in [0.15, 0.2) is 17.0 Å². The molecule has 0 amide bonds. The molecule has 1 aromatic carbocycles. The maximum Gasteiger partial charge on any atom is 0.501 e. The molecule has 11 heteroatoms. The summed E-state index contributed by atoms with van der Waals surface area (Å²) in [7, 11) is -4.55. The average Bonchev–Trinajstić information content (AvgIpc) is 2.70. The Kier molecular flexibility index (Phi) is 5.05. The quantitative estimate of drug-likeness (QED) is 0.783. The average molecular weight is 390 g/mol. The number of alkyl halides is 5. The van der Waals surface area contributed by atoms with Crippen LogP contribution >= 0.6 is 0 Å². The number of halogens is 5. The Morgan fingerprint density at radius 3 is 2.48 bits per heavy atom. The number of hydrogen-bond donors (Lipinski definition) is 1. The van der Waals surface area contributed by atoms with Crippen molar-refractivity contribution in [3.8, 4) is 5.75 Å². The van der Waals surface area contributed by atoms with Gasteiger partial charge in [-0.2, -0.15) is 13.2 Å². The van der Waals surface area contributed by atoms with Gasteiger partial charge in [-0.15, -0.1) is 0 Å². The Balaban J connectivity index is 2.63. The van der Waals surface area contributed by atoms with Gasteiger partial charge in [0.2, 0.25) is 0 Å².